The van der Waals surface area contributed by atoms with Gasteiger partial charge in [0.15, 0.2) is 0 Å². The number of hydrogen-bond acceptors (Lipinski definition) is 2. The Kier molecular flexibility index (Phi) is 4.63. The second-order valence-corrected chi connectivity index (χ2v) is 4.24. The Morgan fingerprint density at radius 3 is 2.75 bits per heavy atom. The topological polar surface area (TPSA) is 49.3 Å². The molecule has 0 spiro atoms. The van der Waals surface area contributed by atoms with Crippen molar-refractivity contribution < 1.29 is 14.3 Å². The summed E-state index contributed by atoms with van der Waals surface area (Å²) in [5, 5.41) is 11.7. The van der Waals surface area contributed by atoms with Gasteiger partial charge in [0, 0.05) is 11.8 Å². The number of benzene rings is 2. The Balaban J connectivity index is 2.01. The molecule has 0 heterocycles. The number of rotatable bonds is 4. The minimum atomic E-state index is -0.344. The first-order valence-corrected chi connectivity index (χ1v) is 6.12. The number of anilines is 1. The van der Waals surface area contributed by atoms with Gasteiger partial charge in [0.05, 0.1) is 6.61 Å². The maximum absolute atomic E-state index is 13.0. The van der Waals surface area contributed by atoms with E-state index in [4.69, 9.17) is 5.11 Å². The van der Waals surface area contributed by atoms with Crippen LogP contribution in [0.2, 0.25) is 0 Å². The summed E-state index contributed by atoms with van der Waals surface area (Å²) in [6.45, 7) is -0.0805. The highest BCUT2D eigenvalue weighted by Gasteiger charge is 1.99. The molecule has 3 nitrogen and oxygen atoms in total. The summed E-state index contributed by atoms with van der Waals surface area (Å²) in [5.41, 5.74) is 1.94. The molecule has 0 bridgehead atoms. The van der Waals surface area contributed by atoms with E-state index in [0.29, 0.717) is 11.3 Å². The second-order valence-electron chi connectivity index (χ2n) is 4.24. The van der Waals surface area contributed by atoms with E-state index in [0.717, 1.165) is 5.56 Å². The minimum Gasteiger partial charge on any atom is -0.392 e. The predicted octanol–water partition coefficient (Wildman–Crippen LogP) is 2.97. The van der Waals surface area contributed by atoms with E-state index in [1.54, 1.807) is 36.4 Å². The van der Waals surface area contributed by atoms with Crippen LogP contribution in [0.5, 0.6) is 0 Å². The fraction of sp³-hybridized carbons (Fsp3) is 0.0625. The maximum atomic E-state index is 13.0. The second kappa shape index (κ2) is 6.63. The third kappa shape index (κ3) is 4.03. The van der Waals surface area contributed by atoms with E-state index in [9.17, 15) is 9.18 Å². The molecule has 0 fully saturated rings. The number of aliphatic hydroxyl groups excluding tert-OH is 1. The van der Waals surface area contributed by atoms with Gasteiger partial charge in [-0.15, -0.1) is 0 Å². The molecule has 20 heavy (non-hydrogen) atoms. The summed E-state index contributed by atoms with van der Waals surface area (Å²) < 4.78 is 13.0. The van der Waals surface area contributed by atoms with E-state index < -0.39 is 0 Å². The molecule has 2 aromatic carbocycles. The summed E-state index contributed by atoms with van der Waals surface area (Å²) in [6.07, 6.45) is 2.87. The number of nitrogens with one attached hydrogen (secondary N) is 1. The van der Waals surface area contributed by atoms with Crippen molar-refractivity contribution in [3.63, 3.8) is 0 Å². The van der Waals surface area contributed by atoms with Crippen LogP contribution in [0, 0.1) is 5.82 Å². The number of carbonyl (C=O) groups is 1. The Bertz CT molecular complexity index is 638. The van der Waals surface area contributed by atoms with Crippen LogP contribution >= 0.6 is 0 Å². The minimum absolute atomic E-state index is 0.0805. The number of hydrogen-bond donors (Lipinski definition) is 2. The maximum Gasteiger partial charge on any atom is 0.248 e. The molecule has 1 amide bonds. The molecular weight excluding hydrogens is 257 g/mol. The van der Waals surface area contributed by atoms with Gasteiger partial charge in [-0.3, -0.25) is 4.79 Å². The van der Waals surface area contributed by atoms with Crippen molar-refractivity contribution in [2.45, 2.75) is 6.61 Å². The molecular formula is C16H14FNO2. The smallest absolute Gasteiger partial charge is 0.248 e. The summed E-state index contributed by atoms with van der Waals surface area (Å²) in [5.74, 6) is -0.660. The number of aliphatic hydroxyl groups is 1. The number of halogens is 1. The van der Waals surface area contributed by atoms with Gasteiger partial charge in [0.1, 0.15) is 5.82 Å². The van der Waals surface area contributed by atoms with Gasteiger partial charge in [-0.2, -0.15) is 0 Å². The van der Waals surface area contributed by atoms with Crippen molar-refractivity contribution in [2.24, 2.45) is 0 Å². The van der Waals surface area contributed by atoms with Gasteiger partial charge in [0.2, 0.25) is 5.91 Å². The lowest BCUT2D eigenvalue weighted by Gasteiger charge is -2.03. The fourth-order valence-corrected chi connectivity index (χ4v) is 1.71. The van der Waals surface area contributed by atoms with Crippen LogP contribution in [0.3, 0.4) is 0 Å². The molecule has 0 aliphatic rings. The molecule has 2 rings (SSSR count). The molecule has 2 aromatic rings. The molecule has 0 unspecified atom stereocenters. The van der Waals surface area contributed by atoms with Crippen molar-refractivity contribution >= 4 is 17.7 Å². The SMILES string of the molecule is O=C(/C=C\c1cccc(F)c1)Nc1cccc(CO)c1. The largest absolute Gasteiger partial charge is 0.392 e. The lowest BCUT2D eigenvalue weighted by molar-refractivity contribution is -0.111. The lowest BCUT2D eigenvalue weighted by Crippen LogP contribution is -2.07. The third-order valence-electron chi connectivity index (χ3n) is 2.65. The van der Waals surface area contributed by atoms with Crippen molar-refractivity contribution in [3.05, 3.63) is 71.6 Å². The third-order valence-corrected chi connectivity index (χ3v) is 2.65. The zero-order valence-electron chi connectivity index (χ0n) is 10.7. The van der Waals surface area contributed by atoms with Crippen LogP contribution in [0.15, 0.2) is 54.6 Å². The molecule has 4 heteroatoms. The lowest BCUT2D eigenvalue weighted by atomic mass is 10.2. The van der Waals surface area contributed by atoms with Gasteiger partial charge >= 0.3 is 0 Å². The first-order chi connectivity index (χ1) is 9.67. The van der Waals surface area contributed by atoms with Crippen LogP contribution in [-0.2, 0) is 11.4 Å². The average molecular weight is 271 g/mol. The molecule has 0 saturated heterocycles. The fourth-order valence-electron chi connectivity index (χ4n) is 1.71. The zero-order valence-corrected chi connectivity index (χ0v) is 10.7. The normalized spacial score (nSPS) is 10.7. The van der Waals surface area contributed by atoms with Crippen LogP contribution in [-0.4, -0.2) is 11.0 Å². The number of amides is 1. The van der Waals surface area contributed by atoms with Crippen molar-refractivity contribution in [2.75, 3.05) is 5.32 Å². The summed E-state index contributed by atoms with van der Waals surface area (Å²) >= 11 is 0. The van der Waals surface area contributed by atoms with Crippen molar-refractivity contribution in [1.82, 2.24) is 0 Å². The molecule has 0 radical (unpaired) electrons. The highest BCUT2D eigenvalue weighted by molar-refractivity contribution is 6.01. The van der Waals surface area contributed by atoms with Crippen LogP contribution in [0.1, 0.15) is 11.1 Å². The first-order valence-electron chi connectivity index (χ1n) is 6.12. The molecule has 2 N–H and O–H groups in total. The Hall–Kier alpha value is -2.46. The van der Waals surface area contributed by atoms with E-state index in [2.05, 4.69) is 5.32 Å². The molecule has 0 aromatic heterocycles. The molecule has 102 valence electrons. The quantitative estimate of drug-likeness (QED) is 0.840. The van der Waals surface area contributed by atoms with Gasteiger partial charge in [-0.05, 0) is 41.5 Å². The summed E-state index contributed by atoms with van der Waals surface area (Å²) in [4.78, 5) is 11.7. The Morgan fingerprint density at radius 1 is 1.20 bits per heavy atom. The van der Waals surface area contributed by atoms with E-state index in [-0.39, 0.29) is 18.3 Å². The van der Waals surface area contributed by atoms with Crippen molar-refractivity contribution in [1.29, 1.82) is 0 Å². The standard InChI is InChI=1S/C16H14FNO2/c17-14-5-1-3-12(9-14)7-8-16(20)18-15-6-2-4-13(10-15)11-19/h1-10,19H,11H2,(H,18,20)/b8-7-. The monoisotopic (exact) mass is 271 g/mol. The molecule has 0 saturated carbocycles. The van der Waals surface area contributed by atoms with Gasteiger partial charge in [0.25, 0.3) is 0 Å². The van der Waals surface area contributed by atoms with Gasteiger partial charge in [-0.25, -0.2) is 4.39 Å². The van der Waals surface area contributed by atoms with Crippen LogP contribution < -0.4 is 5.32 Å². The Labute approximate surface area is 116 Å². The van der Waals surface area contributed by atoms with Crippen LogP contribution in [0.25, 0.3) is 6.08 Å². The zero-order chi connectivity index (χ0) is 14.4. The van der Waals surface area contributed by atoms with E-state index in [1.807, 2.05) is 0 Å². The molecule has 0 aliphatic heterocycles. The Morgan fingerprint density at radius 2 is 2.00 bits per heavy atom. The highest BCUT2D eigenvalue weighted by atomic mass is 19.1. The molecule has 0 atom stereocenters. The number of carbonyl (C=O) groups excluding carboxylic acids is 1. The van der Waals surface area contributed by atoms with E-state index >= 15 is 0 Å². The summed E-state index contributed by atoms with van der Waals surface area (Å²) in [6, 6.07) is 12.9. The summed E-state index contributed by atoms with van der Waals surface area (Å²) in [7, 11) is 0. The predicted molar refractivity (Wildman–Crippen MR) is 76.4 cm³/mol. The van der Waals surface area contributed by atoms with Gasteiger partial charge in [-0.1, -0.05) is 24.3 Å². The van der Waals surface area contributed by atoms with E-state index in [1.165, 1.54) is 24.3 Å². The van der Waals surface area contributed by atoms with Gasteiger partial charge < -0.3 is 10.4 Å². The van der Waals surface area contributed by atoms with Crippen LogP contribution in [0.4, 0.5) is 10.1 Å². The average Bonchev–Trinajstić information content (AvgIpc) is 2.45. The first kappa shape index (κ1) is 14.0. The highest BCUT2D eigenvalue weighted by Crippen LogP contribution is 2.11. The molecule has 0 aliphatic carbocycles. The van der Waals surface area contributed by atoms with Crippen molar-refractivity contribution in [3.8, 4) is 0 Å².